The van der Waals surface area contributed by atoms with Gasteiger partial charge in [-0.25, -0.2) is 4.79 Å². The van der Waals surface area contributed by atoms with Crippen LogP contribution in [0.2, 0.25) is 0 Å². The molecule has 0 saturated carbocycles. The van der Waals surface area contributed by atoms with Crippen molar-refractivity contribution < 1.29 is 9.53 Å². The zero-order valence-corrected chi connectivity index (χ0v) is 20.0. The summed E-state index contributed by atoms with van der Waals surface area (Å²) in [6, 6.07) is 5.93. The van der Waals surface area contributed by atoms with Gasteiger partial charge in [-0.1, -0.05) is 18.7 Å². The van der Waals surface area contributed by atoms with Crippen LogP contribution in [0, 0.1) is 0 Å². The van der Waals surface area contributed by atoms with Gasteiger partial charge >= 0.3 is 6.09 Å². The Hall–Kier alpha value is -2.89. The minimum Gasteiger partial charge on any atom is -0.444 e. The highest BCUT2D eigenvalue weighted by Crippen LogP contribution is 2.29. The van der Waals surface area contributed by atoms with E-state index in [1.807, 2.05) is 57.7 Å². The van der Waals surface area contributed by atoms with E-state index in [4.69, 9.17) is 4.74 Å². The number of allylic oxidation sites excluding steroid dienone is 4. The predicted molar refractivity (Wildman–Crippen MR) is 128 cm³/mol. The Kier molecular flexibility index (Phi) is 8.20. The lowest BCUT2D eigenvalue weighted by atomic mass is 9.95. The molecule has 0 radical (unpaired) electrons. The molecule has 1 saturated heterocycles. The molecule has 168 valence electrons. The molecule has 0 aromatic carbocycles. The van der Waals surface area contributed by atoms with Crippen molar-refractivity contribution in [3.8, 4) is 0 Å². The van der Waals surface area contributed by atoms with E-state index in [0.29, 0.717) is 6.54 Å². The van der Waals surface area contributed by atoms with Crippen molar-refractivity contribution in [2.45, 2.75) is 60.1 Å². The third kappa shape index (κ3) is 6.29. The Morgan fingerprint density at radius 3 is 2.52 bits per heavy atom. The molecule has 0 spiro atoms. The molecule has 6 heteroatoms. The molecule has 6 nitrogen and oxygen atoms in total. The second kappa shape index (κ2) is 10.4. The number of ether oxygens (including phenoxy) is 1. The molecule has 1 aliphatic heterocycles. The van der Waals surface area contributed by atoms with Crippen LogP contribution in [-0.2, 0) is 4.74 Å². The summed E-state index contributed by atoms with van der Waals surface area (Å²) >= 11 is 0. The predicted octanol–water partition coefficient (Wildman–Crippen LogP) is 5.30. The van der Waals surface area contributed by atoms with Crippen LogP contribution in [0.5, 0.6) is 0 Å². The molecule has 1 amide bonds. The summed E-state index contributed by atoms with van der Waals surface area (Å²) in [5.74, 6) is 0. The standard InChI is InChI=1S/C25H36N4O2/c1-9-21(22-13-11-12-14-27-22)23(19(4)26-10-2)20(5)28-15-16-29(18(3)17-28)24(30)31-25(6,7)8/h9-14,18H,2,15-17H2,1,3-8H3/b21-9-,23-20-,26-19?/t18-/m1/s1. The van der Waals surface area contributed by atoms with Crippen LogP contribution in [0.25, 0.3) is 5.57 Å². The van der Waals surface area contributed by atoms with E-state index in [2.05, 4.69) is 41.4 Å². The SMILES string of the molecule is C=CN=C(C)C(/C(=C\C)c1ccccn1)=C(\C)N1CCN(C(=O)OC(C)(C)C)[C@H](C)C1. The summed E-state index contributed by atoms with van der Waals surface area (Å²) in [6.07, 6.45) is 5.18. The summed E-state index contributed by atoms with van der Waals surface area (Å²) in [7, 11) is 0. The first-order valence-electron chi connectivity index (χ1n) is 10.8. The lowest BCUT2D eigenvalue weighted by molar-refractivity contribution is 0.00496. The summed E-state index contributed by atoms with van der Waals surface area (Å²) in [5.41, 5.74) is 4.46. The largest absolute Gasteiger partial charge is 0.444 e. The molecular formula is C25H36N4O2. The number of carbonyl (C=O) groups is 1. The van der Waals surface area contributed by atoms with Crippen molar-refractivity contribution in [2.75, 3.05) is 19.6 Å². The van der Waals surface area contributed by atoms with E-state index in [0.717, 1.165) is 41.3 Å². The van der Waals surface area contributed by atoms with Crippen LogP contribution in [0.4, 0.5) is 4.79 Å². The van der Waals surface area contributed by atoms with Gasteiger partial charge in [0.1, 0.15) is 5.60 Å². The molecule has 1 aromatic rings. The molecule has 0 aliphatic carbocycles. The third-order valence-electron chi connectivity index (χ3n) is 5.24. The van der Waals surface area contributed by atoms with E-state index in [1.165, 1.54) is 0 Å². The fourth-order valence-corrected chi connectivity index (χ4v) is 3.81. The summed E-state index contributed by atoms with van der Waals surface area (Å²) in [6.45, 7) is 19.7. The Balaban J connectivity index is 2.37. The van der Waals surface area contributed by atoms with Crippen LogP contribution in [0.3, 0.4) is 0 Å². The number of amides is 1. The van der Waals surface area contributed by atoms with Gasteiger partial charge in [0, 0.05) is 60.6 Å². The van der Waals surface area contributed by atoms with Gasteiger partial charge < -0.3 is 14.5 Å². The molecule has 0 N–H and O–H groups in total. The quantitative estimate of drug-likeness (QED) is 0.475. The van der Waals surface area contributed by atoms with E-state index < -0.39 is 5.60 Å². The number of aliphatic imine (C=N–C) groups is 1. The summed E-state index contributed by atoms with van der Waals surface area (Å²) in [4.78, 5) is 25.8. The number of piperazine rings is 1. The van der Waals surface area contributed by atoms with Gasteiger partial charge in [-0.15, -0.1) is 0 Å². The Bertz CT molecular complexity index is 879. The maximum atomic E-state index is 12.6. The first-order valence-corrected chi connectivity index (χ1v) is 10.8. The monoisotopic (exact) mass is 424 g/mol. The highest BCUT2D eigenvalue weighted by molar-refractivity contribution is 6.12. The molecule has 0 unspecified atom stereocenters. The van der Waals surface area contributed by atoms with Crippen LogP contribution < -0.4 is 0 Å². The van der Waals surface area contributed by atoms with Gasteiger partial charge in [0.25, 0.3) is 0 Å². The zero-order valence-electron chi connectivity index (χ0n) is 20.0. The lowest BCUT2D eigenvalue weighted by Gasteiger charge is -2.42. The van der Waals surface area contributed by atoms with Gasteiger partial charge in [-0.05, 0) is 60.6 Å². The molecule has 0 bridgehead atoms. The number of aromatic nitrogens is 1. The minimum absolute atomic E-state index is 0.0281. The molecule has 1 aliphatic rings. The maximum absolute atomic E-state index is 12.6. The van der Waals surface area contributed by atoms with Crippen LogP contribution in [-0.4, -0.2) is 57.9 Å². The molecule has 2 heterocycles. The fourth-order valence-electron chi connectivity index (χ4n) is 3.81. The minimum atomic E-state index is -0.501. The number of hydrogen-bond acceptors (Lipinski definition) is 5. The molecule has 1 atom stereocenters. The van der Waals surface area contributed by atoms with Gasteiger partial charge in [0.05, 0.1) is 5.69 Å². The highest BCUT2D eigenvalue weighted by atomic mass is 16.6. The molecule has 2 rings (SSSR count). The molecule has 1 aromatic heterocycles. The fraction of sp³-hybridized carbons (Fsp3) is 0.480. The zero-order chi connectivity index (χ0) is 23.2. The molecule has 1 fully saturated rings. The topological polar surface area (TPSA) is 58.0 Å². The van der Waals surface area contributed by atoms with E-state index in [-0.39, 0.29) is 12.1 Å². The van der Waals surface area contributed by atoms with Crippen molar-refractivity contribution >= 4 is 17.4 Å². The van der Waals surface area contributed by atoms with Gasteiger partial charge in [-0.3, -0.25) is 9.98 Å². The van der Waals surface area contributed by atoms with E-state index in [1.54, 1.807) is 12.4 Å². The Morgan fingerprint density at radius 1 is 1.29 bits per heavy atom. The van der Waals surface area contributed by atoms with E-state index >= 15 is 0 Å². The average molecular weight is 425 g/mol. The smallest absolute Gasteiger partial charge is 0.410 e. The van der Waals surface area contributed by atoms with Crippen molar-refractivity contribution in [1.82, 2.24) is 14.8 Å². The van der Waals surface area contributed by atoms with Crippen molar-refractivity contribution in [3.05, 3.63) is 60.2 Å². The third-order valence-corrected chi connectivity index (χ3v) is 5.24. The molecule has 31 heavy (non-hydrogen) atoms. The van der Waals surface area contributed by atoms with Crippen LogP contribution >= 0.6 is 0 Å². The maximum Gasteiger partial charge on any atom is 0.410 e. The first kappa shape index (κ1) is 24.4. The normalized spacial score (nSPS) is 19.1. The lowest BCUT2D eigenvalue weighted by Crippen LogP contribution is -2.54. The van der Waals surface area contributed by atoms with Gasteiger partial charge in [-0.2, -0.15) is 0 Å². The van der Waals surface area contributed by atoms with E-state index in [9.17, 15) is 4.79 Å². The average Bonchev–Trinajstić information content (AvgIpc) is 2.70. The number of rotatable bonds is 5. The number of hydrogen-bond donors (Lipinski definition) is 0. The van der Waals surface area contributed by atoms with Crippen molar-refractivity contribution in [3.63, 3.8) is 0 Å². The van der Waals surface area contributed by atoms with Crippen molar-refractivity contribution in [2.24, 2.45) is 4.99 Å². The Labute approximate surface area is 187 Å². The van der Waals surface area contributed by atoms with Crippen LogP contribution in [0.1, 0.15) is 54.2 Å². The summed E-state index contributed by atoms with van der Waals surface area (Å²) in [5, 5.41) is 0. The first-order chi connectivity index (χ1) is 14.6. The second-order valence-electron chi connectivity index (χ2n) is 8.74. The Morgan fingerprint density at radius 2 is 2.00 bits per heavy atom. The molecular weight excluding hydrogens is 388 g/mol. The summed E-state index contributed by atoms with van der Waals surface area (Å²) < 4.78 is 5.58. The van der Waals surface area contributed by atoms with Gasteiger partial charge in [0.2, 0.25) is 0 Å². The number of pyridine rings is 1. The second-order valence-corrected chi connectivity index (χ2v) is 8.74. The highest BCUT2D eigenvalue weighted by Gasteiger charge is 2.32. The number of nitrogens with zero attached hydrogens (tertiary/aromatic N) is 4. The number of carbonyl (C=O) groups excluding carboxylic acids is 1. The van der Waals surface area contributed by atoms with Crippen LogP contribution in [0.15, 0.2) is 59.5 Å². The van der Waals surface area contributed by atoms with Gasteiger partial charge in [0.15, 0.2) is 0 Å². The van der Waals surface area contributed by atoms with Crippen molar-refractivity contribution in [1.29, 1.82) is 0 Å².